The third-order valence-electron chi connectivity index (χ3n) is 3.36. The average Bonchev–Trinajstić information content (AvgIpc) is 2.47. The molecular formula is C14H22N4O2. The number of aromatic nitrogens is 1. The normalized spacial score (nSPS) is 19.6. The SMILES string of the molecule is CCN1CCOC(C(=O)Nc2cccnc2N(C)C)C1. The minimum Gasteiger partial charge on any atom is -0.366 e. The molecule has 2 heterocycles. The molecule has 0 bridgehead atoms. The van der Waals surface area contributed by atoms with Crippen molar-refractivity contribution < 1.29 is 9.53 Å². The van der Waals surface area contributed by atoms with Gasteiger partial charge in [0.2, 0.25) is 0 Å². The fraction of sp³-hybridized carbons (Fsp3) is 0.571. The summed E-state index contributed by atoms with van der Waals surface area (Å²) >= 11 is 0. The maximum absolute atomic E-state index is 12.3. The van der Waals surface area contributed by atoms with Gasteiger partial charge in [-0.1, -0.05) is 6.92 Å². The van der Waals surface area contributed by atoms with Crippen molar-refractivity contribution >= 4 is 17.4 Å². The molecule has 6 heteroatoms. The highest BCUT2D eigenvalue weighted by atomic mass is 16.5. The molecule has 2 rings (SSSR count). The van der Waals surface area contributed by atoms with Gasteiger partial charge in [-0.3, -0.25) is 9.69 Å². The first-order valence-electron chi connectivity index (χ1n) is 6.89. The predicted octanol–water partition coefficient (Wildman–Crippen LogP) is 0.807. The van der Waals surface area contributed by atoms with Crippen molar-refractivity contribution in [2.75, 3.05) is 50.6 Å². The molecule has 0 aromatic carbocycles. The number of nitrogens with one attached hydrogen (secondary N) is 1. The summed E-state index contributed by atoms with van der Waals surface area (Å²) in [5.74, 6) is 0.628. The Hall–Kier alpha value is -1.66. The van der Waals surface area contributed by atoms with Crippen molar-refractivity contribution in [1.29, 1.82) is 0 Å². The molecule has 1 N–H and O–H groups in total. The van der Waals surface area contributed by atoms with Crippen LogP contribution in [0.2, 0.25) is 0 Å². The van der Waals surface area contributed by atoms with Crippen molar-refractivity contribution in [2.24, 2.45) is 0 Å². The van der Waals surface area contributed by atoms with E-state index in [1.807, 2.05) is 31.1 Å². The van der Waals surface area contributed by atoms with Crippen LogP contribution in [0.3, 0.4) is 0 Å². The second-order valence-corrected chi connectivity index (χ2v) is 5.01. The Bertz CT molecular complexity index is 464. The Labute approximate surface area is 119 Å². The van der Waals surface area contributed by atoms with Gasteiger partial charge in [0.1, 0.15) is 6.10 Å². The first-order chi connectivity index (χ1) is 9.61. The van der Waals surface area contributed by atoms with E-state index in [0.717, 1.165) is 18.9 Å². The quantitative estimate of drug-likeness (QED) is 0.883. The number of nitrogens with zero attached hydrogens (tertiary/aromatic N) is 3. The lowest BCUT2D eigenvalue weighted by Gasteiger charge is -2.31. The molecule has 0 aliphatic carbocycles. The zero-order valence-electron chi connectivity index (χ0n) is 12.3. The number of hydrogen-bond donors (Lipinski definition) is 1. The summed E-state index contributed by atoms with van der Waals surface area (Å²) in [5, 5.41) is 2.91. The highest BCUT2D eigenvalue weighted by molar-refractivity contribution is 5.96. The van der Waals surface area contributed by atoms with Gasteiger partial charge in [-0.2, -0.15) is 0 Å². The second-order valence-electron chi connectivity index (χ2n) is 5.01. The predicted molar refractivity (Wildman–Crippen MR) is 79.0 cm³/mol. The zero-order valence-corrected chi connectivity index (χ0v) is 12.3. The largest absolute Gasteiger partial charge is 0.366 e. The minimum atomic E-state index is -0.418. The number of pyridine rings is 1. The molecule has 1 atom stereocenters. The Morgan fingerprint density at radius 2 is 2.40 bits per heavy atom. The average molecular weight is 278 g/mol. The van der Waals surface area contributed by atoms with E-state index in [2.05, 4.69) is 22.1 Å². The first kappa shape index (κ1) is 14.7. The minimum absolute atomic E-state index is 0.112. The third-order valence-corrected chi connectivity index (χ3v) is 3.36. The summed E-state index contributed by atoms with van der Waals surface area (Å²) in [7, 11) is 3.79. The van der Waals surface area contributed by atoms with Gasteiger partial charge < -0.3 is 15.0 Å². The van der Waals surface area contributed by atoms with Crippen LogP contribution < -0.4 is 10.2 Å². The van der Waals surface area contributed by atoms with Gasteiger partial charge in [0.15, 0.2) is 5.82 Å². The van der Waals surface area contributed by atoms with Crippen LogP contribution in [-0.2, 0) is 9.53 Å². The van der Waals surface area contributed by atoms with Gasteiger partial charge in [-0.25, -0.2) is 4.98 Å². The summed E-state index contributed by atoms with van der Waals surface area (Å²) in [4.78, 5) is 20.6. The molecule has 0 radical (unpaired) electrons. The van der Waals surface area contributed by atoms with E-state index in [1.54, 1.807) is 6.20 Å². The summed E-state index contributed by atoms with van der Waals surface area (Å²) in [5.41, 5.74) is 0.708. The Morgan fingerprint density at radius 1 is 1.60 bits per heavy atom. The molecular weight excluding hydrogens is 256 g/mol. The van der Waals surface area contributed by atoms with Gasteiger partial charge in [-0.15, -0.1) is 0 Å². The summed E-state index contributed by atoms with van der Waals surface area (Å²) in [6.07, 6.45) is 1.29. The van der Waals surface area contributed by atoms with Crippen molar-refractivity contribution in [2.45, 2.75) is 13.0 Å². The lowest BCUT2D eigenvalue weighted by atomic mass is 10.2. The summed E-state index contributed by atoms with van der Waals surface area (Å²) in [6.45, 7) is 5.14. The van der Waals surface area contributed by atoms with E-state index in [9.17, 15) is 4.79 Å². The summed E-state index contributed by atoms with van der Waals surface area (Å²) < 4.78 is 5.56. The molecule has 6 nitrogen and oxygen atoms in total. The number of morpholine rings is 1. The number of carbonyl (C=O) groups is 1. The molecule has 110 valence electrons. The van der Waals surface area contributed by atoms with E-state index in [0.29, 0.717) is 18.8 Å². The van der Waals surface area contributed by atoms with Crippen LogP contribution in [0, 0.1) is 0 Å². The fourth-order valence-corrected chi connectivity index (χ4v) is 2.21. The van der Waals surface area contributed by atoms with E-state index >= 15 is 0 Å². The smallest absolute Gasteiger partial charge is 0.254 e. The molecule has 1 aromatic heterocycles. The number of anilines is 2. The highest BCUT2D eigenvalue weighted by Crippen LogP contribution is 2.21. The van der Waals surface area contributed by atoms with Crippen LogP contribution in [0.25, 0.3) is 0 Å². The van der Waals surface area contributed by atoms with Crippen molar-refractivity contribution in [3.63, 3.8) is 0 Å². The van der Waals surface area contributed by atoms with Gasteiger partial charge in [-0.05, 0) is 18.7 Å². The Morgan fingerprint density at radius 3 is 3.10 bits per heavy atom. The van der Waals surface area contributed by atoms with Crippen LogP contribution >= 0.6 is 0 Å². The second kappa shape index (κ2) is 6.67. The molecule has 1 saturated heterocycles. The lowest BCUT2D eigenvalue weighted by Crippen LogP contribution is -2.47. The fourth-order valence-electron chi connectivity index (χ4n) is 2.21. The molecule has 20 heavy (non-hydrogen) atoms. The van der Waals surface area contributed by atoms with Crippen molar-refractivity contribution in [3.05, 3.63) is 18.3 Å². The molecule has 1 fully saturated rings. The molecule has 1 amide bonds. The zero-order chi connectivity index (χ0) is 14.5. The van der Waals surface area contributed by atoms with Crippen LogP contribution in [-0.4, -0.2) is 62.2 Å². The molecule has 0 saturated carbocycles. The van der Waals surface area contributed by atoms with Gasteiger partial charge in [0.05, 0.1) is 12.3 Å². The Balaban J connectivity index is 2.04. The van der Waals surface area contributed by atoms with Crippen LogP contribution in [0.5, 0.6) is 0 Å². The first-order valence-corrected chi connectivity index (χ1v) is 6.89. The molecule has 1 aromatic rings. The lowest BCUT2D eigenvalue weighted by molar-refractivity contribution is -0.132. The standard InChI is InChI=1S/C14H22N4O2/c1-4-18-8-9-20-12(10-18)14(19)16-11-6-5-7-15-13(11)17(2)3/h5-7,12H,4,8-10H2,1-3H3,(H,16,19). The number of amides is 1. The van der Waals surface area contributed by atoms with Crippen molar-refractivity contribution in [3.8, 4) is 0 Å². The van der Waals surface area contributed by atoms with Crippen LogP contribution in [0.1, 0.15) is 6.92 Å². The summed E-state index contributed by atoms with van der Waals surface area (Å²) in [6, 6.07) is 3.66. The van der Waals surface area contributed by atoms with E-state index in [4.69, 9.17) is 4.74 Å². The molecule has 1 unspecified atom stereocenters. The molecule has 1 aliphatic heterocycles. The van der Waals surface area contributed by atoms with Crippen LogP contribution in [0.15, 0.2) is 18.3 Å². The number of likely N-dealkylation sites (N-methyl/N-ethyl adjacent to an activating group) is 1. The number of carbonyl (C=O) groups excluding carboxylic acids is 1. The molecule has 0 spiro atoms. The number of rotatable bonds is 4. The Kier molecular flexibility index (Phi) is 4.92. The van der Waals surface area contributed by atoms with Gasteiger partial charge >= 0.3 is 0 Å². The third kappa shape index (κ3) is 3.46. The monoisotopic (exact) mass is 278 g/mol. The molecule has 1 aliphatic rings. The van der Waals surface area contributed by atoms with E-state index in [-0.39, 0.29) is 5.91 Å². The maximum Gasteiger partial charge on any atom is 0.254 e. The van der Waals surface area contributed by atoms with E-state index < -0.39 is 6.10 Å². The van der Waals surface area contributed by atoms with Gasteiger partial charge in [0, 0.05) is 33.4 Å². The highest BCUT2D eigenvalue weighted by Gasteiger charge is 2.26. The number of ether oxygens (including phenoxy) is 1. The van der Waals surface area contributed by atoms with Gasteiger partial charge in [0.25, 0.3) is 5.91 Å². The van der Waals surface area contributed by atoms with Crippen LogP contribution in [0.4, 0.5) is 11.5 Å². The number of hydrogen-bond acceptors (Lipinski definition) is 5. The maximum atomic E-state index is 12.3. The van der Waals surface area contributed by atoms with E-state index in [1.165, 1.54) is 0 Å². The van der Waals surface area contributed by atoms with Crippen molar-refractivity contribution in [1.82, 2.24) is 9.88 Å². The topological polar surface area (TPSA) is 57.7 Å².